The van der Waals surface area contributed by atoms with E-state index < -0.39 is 21.2 Å². The smallest absolute Gasteiger partial charge is 0.289 e. The van der Waals surface area contributed by atoms with Crippen LogP contribution < -0.4 is 0 Å². The number of hydrogen-bond donors (Lipinski definition) is 0. The third kappa shape index (κ3) is 1.69. The molecule has 0 aromatic heterocycles. The number of ketones is 1. The largest absolute Gasteiger partial charge is 0.354 e. The Morgan fingerprint density at radius 3 is 2.12 bits per heavy atom. The average molecular weight is 320 g/mol. The van der Waals surface area contributed by atoms with Crippen LogP contribution in [0.15, 0.2) is 48.5 Å². The fourth-order valence-electron chi connectivity index (χ4n) is 3.25. The monoisotopic (exact) mass is 320 g/mol. The summed E-state index contributed by atoms with van der Waals surface area (Å²) in [7, 11) is 0. The van der Waals surface area contributed by atoms with E-state index in [0.29, 0.717) is 27.5 Å². The van der Waals surface area contributed by atoms with Gasteiger partial charge in [0.05, 0.1) is 15.4 Å². The quantitative estimate of drug-likeness (QED) is 0.412. The zero-order chi connectivity index (χ0) is 17.0. The molecule has 0 radical (unpaired) electrons. The Kier molecular flexibility index (Phi) is 2.74. The molecule has 0 saturated heterocycles. The van der Waals surface area contributed by atoms with Crippen molar-refractivity contribution in [3.63, 3.8) is 0 Å². The third-order valence-corrected chi connectivity index (χ3v) is 4.18. The van der Waals surface area contributed by atoms with Crippen molar-refractivity contribution in [3.8, 4) is 11.1 Å². The molecular weight excluding hydrogens is 312 g/mol. The van der Waals surface area contributed by atoms with Crippen LogP contribution in [0, 0.1) is 20.2 Å². The van der Waals surface area contributed by atoms with Crippen molar-refractivity contribution >= 4 is 27.9 Å². The second-order valence-electron chi connectivity index (χ2n) is 5.41. The molecule has 0 bridgehead atoms. The second-order valence-corrected chi connectivity index (χ2v) is 5.41. The van der Waals surface area contributed by atoms with E-state index in [1.54, 1.807) is 42.5 Å². The van der Waals surface area contributed by atoms with E-state index in [1.165, 1.54) is 0 Å². The van der Waals surface area contributed by atoms with Crippen molar-refractivity contribution in [3.05, 3.63) is 79.9 Å². The standard InChI is InChI=1S/C17H8N2O5/c20-17-11-6-2-1-5-10(11)15-14-9(4-3-7-12(14)17)8-13(18(21)22)16(15)19(23)24/h1-8H. The Balaban J connectivity index is 2.33. The minimum absolute atomic E-state index is 0.134. The van der Waals surface area contributed by atoms with Gasteiger partial charge in [0.25, 0.3) is 0 Å². The number of fused-ring (bicyclic) bond motifs is 2. The first-order chi connectivity index (χ1) is 11.5. The lowest BCUT2D eigenvalue weighted by atomic mass is 9.81. The van der Waals surface area contributed by atoms with E-state index in [2.05, 4.69) is 0 Å². The normalized spacial score (nSPS) is 12.1. The molecular formula is C17H8N2O5. The first kappa shape index (κ1) is 14.0. The maximum Gasteiger partial charge on any atom is 0.354 e. The molecule has 0 atom stereocenters. The van der Waals surface area contributed by atoms with Gasteiger partial charge >= 0.3 is 11.4 Å². The minimum Gasteiger partial charge on any atom is -0.289 e. The lowest BCUT2D eigenvalue weighted by Crippen LogP contribution is -2.12. The summed E-state index contributed by atoms with van der Waals surface area (Å²) in [6.07, 6.45) is 0. The van der Waals surface area contributed by atoms with Gasteiger partial charge in [0.2, 0.25) is 0 Å². The number of nitro benzene ring substituents is 2. The van der Waals surface area contributed by atoms with E-state index in [0.717, 1.165) is 6.07 Å². The van der Waals surface area contributed by atoms with Crippen molar-refractivity contribution in [1.29, 1.82) is 0 Å². The van der Waals surface area contributed by atoms with Gasteiger partial charge in [0, 0.05) is 28.1 Å². The van der Waals surface area contributed by atoms with E-state index in [9.17, 15) is 25.0 Å². The van der Waals surface area contributed by atoms with Crippen molar-refractivity contribution < 1.29 is 14.6 Å². The molecule has 0 fully saturated rings. The van der Waals surface area contributed by atoms with Crippen LogP contribution in [0.3, 0.4) is 0 Å². The topological polar surface area (TPSA) is 103 Å². The van der Waals surface area contributed by atoms with E-state index in [1.807, 2.05) is 0 Å². The highest BCUT2D eigenvalue weighted by Crippen LogP contribution is 2.48. The van der Waals surface area contributed by atoms with Gasteiger partial charge in [-0.25, -0.2) is 0 Å². The molecule has 3 aromatic carbocycles. The molecule has 3 aromatic rings. The van der Waals surface area contributed by atoms with Gasteiger partial charge in [-0.05, 0) is 5.39 Å². The number of rotatable bonds is 2. The molecule has 0 saturated carbocycles. The van der Waals surface area contributed by atoms with Crippen molar-refractivity contribution in [2.24, 2.45) is 0 Å². The van der Waals surface area contributed by atoms with Gasteiger partial charge in [0.15, 0.2) is 5.78 Å². The molecule has 0 amide bonds. The molecule has 0 heterocycles. The average Bonchev–Trinajstić information content (AvgIpc) is 2.58. The molecule has 0 spiro atoms. The molecule has 24 heavy (non-hydrogen) atoms. The maximum absolute atomic E-state index is 12.7. The molecule has 4 rings (SSSR count). The molecule has 1 aliphatic rings. The van der Waals surface area contributed by atoms with E-state index in [4.69, 9.17) is 0 Å². The van der Waals surface area contributed by atoms with E-state index >= 15 is 0 Å². The molecule has 7 nitrogen and oxygen atoms in total. The Bertz CT molecular complexity index is 1090. The lowest BCUT2D eigenvalue weighted by molar-refractivity contribution is -0.421. The van der Waals surface area contributed by atoms with Gasteiger partial charge in [-0.2, -0.15) is 0 Å². The molecule has 7 heteroatoms. The second kappa shape index (κ2) is 4.69. The first-order valence-electron chi connectivity index (χ1n) is 7.03. The molecule has 0 unspecified atom stereocenters. The van der Waals surface area contributed by atoms with Crippen molar-refractivity contribution in [1.82, 2.24) is 0 Å². The van der Waals surface area contributed by atoms with Gasteiger partial charge in [-0.1, -0.05) is 42.5 Å². The van der Waals surface area contributed by atoms with Crippen LogP contribution in [0.1, 0.15) is 15.9 Å². The summed E-state index contributed by atoms with van der Waals surface area (Å²) < 4.78 is 0. The Morgan fingerprint density at radius 2 is 1.46 bits per heavy atom. The highest BCUT2D eigenvalue weighted by atomic mass is 16.6. The highest BCUT2D eigenvalue weighted by Gasteiger charge is 2.37. The maximum atomic E-state index is 12.7. The number of carbonyl (C=O) groups excluding carboxylic acids is 1. The summed E-state index contributed by atoms with van der Waals surface area (Å²) in [5.74, 6) is -0.244. The number of hydrogen-bond acceptors (Lipinski definition) is 5. The van der Waals surface area contributed by atoms with Gasteiger partial charge in [-0.3, -0.25) is 25.0 Å². The molecule has 0 N–H and O–H groups in total. The van der Waals surface area contributed by atoms with E-state index in [-0.39, 0.29) is 11.3 Å². The van der Waals surface area contributed by atoms with Crippen LogP contribution in [-0.2, 0) is 0 Å². The number of nitrogens with zero attached hydrogens (tertiary/aromatic N) is 2. The molecule has 0 aliphatic heterocycles. The zero-order valence-electron chi connectivity index (χ0n) is 12.1. The molecule has 1 aliphatic carbocycles. The van der Waals surface area contributed by atoms with Gasteiger partial charge in [-0.15, -0.1) is 0 Å². The number of nitro groups is 2. The van der Waals surface area contributed by atoms with Crippen molar-refractivity contribution in [2.75, 3.05) is 0 Å². The van der Waals surface area contributed by atoms with Crippen LogP contribution in [0.25, 0.3) is 21.9 Å². The first-order valence-corrected chi connectivity index (χ1v) is 7.03. The lowest BCUT2D eigenvalue weighted by Gasteiger charge is -2.19. The van der Waals surface area contributed by atoms with Crippen LogP contribution in [0.2, 0.25) is 0 Å². The fourth-order valence-corrected chi connectivity index (χ4v) is 3.25. The zero-order valence-corrected chi connectivity index (χ0v) is 12.1. The van der Waals surface area contributed by atoms with Crippen LogP contribution in [-0.4, -0.2) is 15.6 Å². The summed E-state index contributed by atoms with van der Waals surface area (Å²) in [6.45, 7) is 0. The van der Waals surface area contributed by atoms with Gasteiger partial charge in [0.1, 0.15) is 0 Å². The van der Waals surface area contributed by atoms with Crippen LogP contribution >= 0.6 is 0 Å². The summed E-state index contributed by atoms with van der Waals surface area (Å²) in [5.41, 5.74) is -0.0550. The number of carbonyl (C=O) groups is 1. The van der Waals surface area contributed by atoms with Crippen LogP contribution in [0.5, 0.6) is 0 Å². The predicted molar refractivity (Wildman–Crippen MR) is 86.1 cm³/mol. The minimum atomic E-state index is -0.764. The SMILES string of the molecule is O=C1c2ccccc2-c2c([N+](=O)[O-])c([N+](=O)[O-])cc3cccc1c23. The Labute approximate surface area is 134 Å². The predicted octanol–water partition coefficient (Wildman–Crippen LogP) is 3.87. The van der Waals surface area contributed by atoms with Gasteiger partial charge < -0.3 is 0 Å². The van der Waals surface area contributed by atoms with Crippen molar-refractivity contribution in [2.45, 2.75) is 0 Å². The van der Waals surface area contributed by atoms with Crippen LogP contribution in [0.4, 0.5) is 11.4 Å². The summed E-state index contributed by atoms with van der Waals surface area (Å²) >= 11 is 0. The summed E-state index contributed by atoms with van der Waals surface area (Å²) in [4.78, 5) is 34.1. The summed E-state index contributed by atoms with van der Waals surface area (Å²) in [6, 6.07) is 12.4. The third-order valence-electron chi connectivity index (χ3n) is 4.18. The summed E-state index contributed by atoms with van der Waals surface area (Å²) in [5, 5.41) is 23.8. The highest BCUT2D eigenvalue weighted by molar-refractivity contribution is 6.27. The number of benzene rings is 3. The Hall–Kier alpha value is -3.61. The molecule has 116 valence electrons. The fraction of sp³-hybridized carbons (Fsp3) is 0. The Morgan fingerprint density at radius 1 is 0.792 bits per heavy atom.